The number of carbonyl (C=O) groups is 1. The van der Waals surface area contributed by atoms with Gasteiger partial charge in [-0.1, -0.05) is 19.1 Å². The molecule has 3 N–H and O–H groups in total. The van der Waals surface area contributed by atoms with E-state index in [0.29, 0.717) is 18.0 Å². The van der Waals surface area contributed by atoms with E-state index < -0.39 is 0 Å². The van der Waals surface area contributed by atoms with Crippen molar-refractivity contribution >= 4 is 18.3 Å². The number of nitrogens with zero attached hydrogens (tertiary/aromatic N) is 1. The number of likely N-dealkylation sites (tertiary alicyclic amines) is 1. The van der Waals surface area contributed by atoms with Crippen molar-refractivity contribution in [1.82, 2.24) is 10.2 Å². The van der Waals surface area contributed by atoms with E-state index in [9.17, 15) is 4.79 Å². The second-order valence-electron chi connectivity index (χ2n) is 5.72. The van der Waals surface area contributed by atoms with Crippen LogP contribution in [0.2, 0.25) is 0 Å². The van der Waals surface area contributed by atoms with Crippen LogP contribution in [0.5, 0.6) is 0 Å². The van der Waals surface area contributed by atoms with Crippen LogP contribution in [0, 0.1) is 5.92 Å². The van der Waals surface area contributed by atoms with Crippen molar-refractivity contribution in [3.8, 4) is 0 Å². The number of nitrogens with one attached hydrogen (secondary N) is 1. The molecule has 4 nitrogen and oxygen atoms in total. The summed E-state index contributed by atoms with van der Waals surface area (Å²) >= 11 is 0. The summed E-state index contributed by atoms with van der Waals surface area (Å²) in [5, 5.41) is 3.01. The Morgan fingerprint density at radius 2 is 1.90 bits per heavy atom. The lowest BCUT2D eigenvalue weighted by Gasteiger charge is -2.20. The predicted octanol–water partition coefficient (Wildman–Crippen LogP) is 2.03. The molecule has 0 aliphatic carbocycles. The Kier molecular flexibility index (Phi) is 7.72. The Bertz CT molecular complexity index is 430. The van der Waals surface area contributed by atoms with Gasteiger partial charge in [-0.05, 0) is 49.5 Å². The van der Waals surface area contributed by atoms with Crippen molar-refractivity contribution in [2.24, 2.45) is 11.7 Å². The summed E-state index contributed by atoms with van der Waals surface area (Å²) in [5.41, 5.74) is 7.30. The highest BCUT2D eigenvalue weighted by molar-refractivity contribution is 5.94. The molecule has 5 heteroatoms. The summed E-state index contributed by atoms with van der Waals surface area (Å²) < 4.78 is 0. The molecule has 1 atom stereocenters. The highest BCUT2D eigenvalue weighted by Gasteiger charge is 2.15. The normalized spacial score (nSPS) is 16.3. The van der Waals surface area contributed by atoms with Crippen molar-refractivity contribution < 1.29 is 4.79 Å². The highest BCUT2D eigenvalue weighted by Crippen LogP contribution is 2.10. The predicted molar refractivity (Wildman–Crippen MR) is 88.8 cm³/mol. The molecule has 0 radical (unpaired) electrons. The average Bonchev–Trinajstić information content (AvgIpc) is 2.97. The molecule has 1 unspecified atom stereocenters. The first kappa shape index (κ1) is 18.0. The quantitative estimate of drug-likeness (QED) is 0.845. The molecule has 1 amide bonds. The van der Waals surface area contributed by atoms with Gasteiger partial charge >= 0.3 is 0 Å². The Labute approximate surface area is 133 Å². The van der Waals surface area contributed by atoms with Gasteiger partial charge in [-0.3, -0.25) is 4.79 Å². The van der Waals surface area contributed by atoms with Crippen molar-refractivity contribution in [2.45, 2.75) is 26.3 Å². The molecule has 1 aromatic carbocycles. The van der Waals surface area contributed by atoms with Gasteiger partial charge in [-0.15, -0.1) is 12.4 Å². The summed E-state index contributed by atoms with van der Waals surface area (Å²) in [6.45, 7) is 6.92. The fourth-order valence-corrected chi connectivity index (χ4v) is 2.63. The van der Waals surface area contributed by atoms with Crippen molar-refractivity contribution in [3.63, 3.8) is 0 Å². The number of rotatable bonds is 6. The maximum atomic E-state index is 12.0. The zero-order chi connectivity index (χ0) is 14.4. The maximum absolute atomic E-state index is 12.0. The Hall–Kier alpha value is -1.10. The molecule has 1 heterocycles. The van der Waals surface area contributed by atoms with Gasteiger partial charge in [0.15, 0.2) is 0 Å². The molecule has 118 valence electrons. The minimum absolute atomic E-state index is 0. The van der Waals surface area contributed by atoms with Crippen LogP contribution in [0.25, 0.3) is 0 Å². The van der Waals surface area contributed by atoms with E-state index >= 15 is 0 Å². The van der Waals surface area contributed by atoms with E-state index in [4.69, 9.17) is 5.73 Å². The zero-order valence-electron chi connectivity index (χ0n) is 12.7. The Morgan fingerprint density at radius 1 is 1.29 bits per heavy atom. The third-order valence-corrected chi connectivity index (χ3v) is 3.83. The van der Waals surface area contributed by atoms with E-state index in [0.717, 1.165) is 18.7 Å². The van der Waals surface area contributed by atoms with Gasteiger partial charge in [0, 0.05) is 25.2 Å². The standard InChI is InChI=1S/C16H25N3O.ClH/c1-13(12-19-8-2-3-9-19)11-18-16(20)15-6-4-14(10-17)5-7-15;/h4-7,13H,2-3,8-12,17H2,1H3,(H,18,20);1H. The van der Waals surface area contributed by atoms with E-state index in [1.54, 1.807) is 0 Å². The first-order chi connectivity index (χ1) is 9.69. The van der Waals surface area contributed by atoms with Crippen LogP contribution < -0.4 is 11.1 Å². The third-order valence-electron chi connectivity index (χ3n) is 3.83. The largest absolute Gasteiger partial charge is 0.352 e. The zero-order valence-corrected chi connectivity index (χ0v) is 13.5. The molecule has 0 spiro atoms. The molecule has 1 aliphatic rings. The summed E-state index contributed by atoms with van der Waals surface area (Å²) in [7, 11) is 0. The second-order valence-corrected chi connectivity index (χ2v) is 5.72. The fourth-order valence-electron chi connectivity index (χ4n) is 2.63. The van der Waals surface area contributed by atoms with Gasteiger partial charge in [0.2, 0.25) is 0 Å². The van der Waals surface area contributed by atoms with Crippen LogP contribution in [0.4, 0.5) is 0 Å². The van der Waals surface area contributed by atoms with Crippen LogP contribution in [0.3, 0.4) is 0 Å². The smallest absolute Gasteiger partial charge is 0.251 e. The van der Waals surface area contributed by atoms with Gasteiger partial charge in [0.25, 0.3) is 5.91 Å². The van der Waals surface area contributed by atoms with Crippen molar-refractivity contribution in [3.05, 3.63) is 35.4 Å². The van der Waals surface area contributed by atoms with Gasteiger partial charge < -0.3 is 16.0 Å². The molecule has 21 heavy (non-hydrogen) atoms. The number of hydrogen-bond donors (Lipinski definition) is 2. The summed E-state index contributed by atoms with van der Waals surface area (Å²) in [6, 6.07) is 7.48. The van der Waals surface area contributed by atoms with Gasteiger partial charge in [-0.2, -0.15) is 0 Å². The summed E-state index contributed by atoms with van der Waals surface area (Å²) in [4.78, 5) is 14.5. The number of halogens is 1. The van der Waals surface area contributed by atoms with Gasteiger partial charge in [-0.25, -0.2) is 0 Å². The number of carbonyl (C=O) groups excluding carboxylic acids is 1. The first-order valence-electron chi connectivity index (χ1n) is 7.48. The minimum atomic E-state index is 0. The molecular formula is C16H26ClN3O. The molecular weight excluding hydrogens is 286 g/mol. The molecule has 0 bridgehead atoms. The molecule has 0 aromatic heterocycles. The summed E-state index contributed by atoms with van der Waals surface area (Å²) in [6.07, 6.45) is 2.62. The highest BCUT2D eigenvalue weighted by atomic mass is 35.5. The SMILES string of the molecule is CC(CNC(=O)c1ccc(CN)cc1)CN1CCCC1.Cl. The number of benzene rings is 1. The Morgan fingerprint density at radius 3 is 2.48 bits per heavy atom. The first-order valence-corrected chi connectivity index (χ1v) is 7.48. The lowest BCUT2D eigenvalue weighted by atomic mass is 10.1. The fraction of sp³-hybridized carbons (Fsp3) is 0.562. The Balaban J connectivity index is 0.00000220. The van der Waals surface area contributed by atoms with Gasteiger partial charge in [0.05, 0.1) is 0 Å². The van der Waals surface area contributed by atoms with Crippen LogP contribution in [0.1, 0.15) is 35.7 Å². The molecule has 2 rings (SSSR count). The molecule has 0 saturated carbocycles. The van der Waals surface area contributed by atoms with Crippen molar-refractivity contribution in [1.29, 1.82) is 0 Å². The maximum Gasteiger partial charge on any atom is 0.251 e. The molecule has 1 saturated heterocycles. The van der Waals surface area contributed by atoms with E-state index in [1.165, 1.54) is 25.9 Å². The lowest BCUT2D eigenvalue weighted by Crippen LogP contribution is -2.34. The van der Waals surface area contributed by atoms with Crippen LogP contribution in [-0.4, -0.2) is 37.0 Å². The van der Waals surface area contributed by atoms with Crippen LogP contribution in [-0.2, 0) is 6.54 Å². The van der Waals surface area contributed by atoms with Crippen LogP contribution in [0.15, 0.2) is 24.3 Å². The monoisotopic (exact) mass is 311 g/mol. The summed E-state index contributed by atoms with van der Waals surface area (Å²) in [5.74, 6) is 0.488. The van der Waals surface area contributed by atoms with E-state index in [2.05, 4.69) is 17.1 Å². The number of amides is 1. The second kappa shape index (κ2) is 9.03. The average molecular weight is 312 g/mol. The topological polar surface area (TPSA) is 58.4 Å². The van der Waals surface area contributed by atoms with E-state index in [1.807, 2.05) is 24.3 Å². The number of nitrogens with two attached hydrogens (primary N) is 1. The van der Waals surface area contributed by atoms with Crippen LogP contribution >= 0.6 is 12.4 Å². The van der Waals surface area contributed by atoms with E-state index in [-0.39, 0.29) is 18.3 Å². The van der Waals surface area contributed by atoms with Crippen molar-refractivity contribution in [2.75, 3.05) is 26.2 Å². The minimum Gasteiger partial charge on any atom is -0.352 e. The third kappa shape index (κ3) is 5.65. The molecule has 1 aromatic rings. The van der Waals surface area contributed by atoms with Gasteiger partial charge in [0.1, 0.15) is 0 Å². The molecule has 1 aliphatic heterocycles. The number of hydrogen-bond acceptors (Lipinski definition) is 3. The lowest BCUT2D eigenvalue weighted by molar-refractivity contribution is 0.0945. The molecule has 1 fully saturated rings.